The molecule has 0 spiro atoms. The van der Waals surface area contributed by atoms with Gasteiger partial charge in [0.15, 0.2) is 5.16 Å². The number of thioether (sulfide) groups is 1. The highest BCUT2D eigenvalue weighted by Gasteiger charge is 2.23. The topological polar surface area (TPSA) is 91.4 Å². The number of rotatable bonds is 6. The first-order valence-electron chi connectivity index (χ1n) is 7.90. The number of aryl methyl sites for hydroxylation is 1. The van der Waals surface area contributed by atoms with Gasteiger partial charge in [-0.05, 0) is 18.4 Å². The quantitative estimate of drug-likeness (QED) is 0.400. The molecule has 0 saturated heterocycles. The summed E-state index contributed by atoms with van der Waals surface area (Å²) in [5.74, 6) is 0.729. The molecular weight excluding hydrogens is 334 g/mol. The number of nitrogens with zero attached hydrogens (tertiary/aromatic N) is 5. The van der Waals surface area contributed by atoms with E-state index in [1.165, 1.54) is 11.8 Å². The van der Waals surface area contributed by atoms with Crippen LogP contribution < -0.4 is 10.9 Å². The number of hydrazine groups is 1. The molecule has 0 radical (unpaired) electrons. The van der Waals surface area contributed by atoms with Gasteiger partial charge in [0, 0.05) is 19.7 Å². The van der Waals surface area contributed by atoms with E-state index in [4.69, 9.17) is 0 Å². The van der Waals surface area contributed by atoms with Crippen molar-refractivity contribution in [1.29, 1.82) is 5.26 Å². The number of imidazole rings is 1. The van der Waals surface area contributed by atoms with Crippen molar-refractivity contribution in [2.24, 2.45) is 7.05 Å². The molecule has 1 atom stereocenters. The average Bonchev–Trinajstić information content (AvgIpc) is 2.97. The first-order valence-corrected chi connectivity index (χ1v) is 9.13. The van der Waals surface area contributed by atoms with Crippen LogP contribution in [0.4, 0.5) is 5.82 Å². The Morgan fingerprint density at radius 1 is 1.28 bits per heavy atom. The Kier molecular flexibility index (Phi) is 5.16. The van der Waals surface area contributed by atoms with Gasteiger partial charge in [-0.15, -0.1) is 0 Å². The van der Waals surface area contributed by atoms with E-state index in [1.807, 2.05) is 49.1 Å². The Morgan fingerprint density at radius 2 is 2.08 bits per heavy atom. The zero-order valence-corrected chi connectivity index (χ0v) is 15.1. The van der Waals surface area contributed by atoms with Crippen LogP contribution in [0.5, 0.6) is 0 Å². The lowest BCUT2D eigenvalue weighted by Crippen LogP contribution is -2.22. The second-order valence-corrected chi connectivity index (χ2v) is 6.17. The molecule has 2 aromatic heterocycles. The van der Waals surface area contributed by atoms with Gasteiger partial charge < -0.3 is 9.99 Å². The van der Waals surface area contributed by atoms with Gasteiger partial charge in [-0.1, -0.05) is 30.8 Å². The Hall–Kier alpha value is -2.63. The second kappa shape index (κ2) is 7.51. The molecule has 0 aliphatic heterocycles. The molecule has 0 aliphatic rings. The Labute approximate surface area is 150 Å². The van der Waals surface area contributed by atoms with E-state index >= 15 is 0 Å². The molecule has 0 saturated carbocycles. The van der Waals surface area contributed by atoms with Gasteiger partial charge in [-0.3, -0.25) is 0 Å². The predicted molar refractivity (Wildman–Crippen MR) is 99.3 cm³/mol. The van der Waals surface area contributed by atoms with Gasteiger partial charge in [-0.2, -0.15) is 5.26 Å². The minimum Gasteiger partial charge on any atom is -0.330 e. The number of fused-ring (bicyclic) bond motifs is 1. The van der Waals surface area contributed by atoms with Crippen molar-refractivity contribution in [2.75, 3.05) is 18.2 Å². The van der Waals surface area contributed by atoms with Crippen LogP contribution >= 0.6 is 11.8 Å². The van der Waals surface area contributed by atoms with E-state index in [-0.39, 0.29) is 0 Å². The number of benzene rings is 1. The maximum Gasteiger partial charge on any atom is 0.189 e. The summed E-state index contributed by atoms with van der Waals surface area (Å²) >= 11 is 1.44. The highest BCUT2D eigenvalue weighted by Crippen LogP contribution is 2.27. The molecule has 0 bridgehead atoms. The lowest BCUT2D eigenvalue weighted by molar-refractivity contribution is 0.760. The number of aromatic nitrogens is 4. The highest BCUT2D eigenvalue weighted by molar-refractivity contribution is 7.98. The third-order valence-corrected chi connectivity index (χ3v) is 4.35. The van der Waals surface area contributed by atoms with E-state index in [1.54, 1.807) is 6.07 Å². The lowest BCUT2D eigenvalue weighted by Gasteiger charge is -2.12. The van der Waals surface area contributed by atoms with E-state index in [2.05, 4.69) is 31.9 Å². The molecule has 3 rings (SSSR count). The number of hydrogen-bond donors (Lipinski definition) is 2. The normalized spacial score (nSPS) is 12.1. The zero-order chi connectivity index (χ0) is 17.8. The van der Waals surface area contributed by atoms with E-state index in [0.717, 1.165) is 17.6 Å². The van der Waals surface area contributed by atoms with Crippen molar-refractivity contribution in [1.82, 2.24) is 24.9 Å². The summed E-state index contributed by atoms with van der Waals surface area (Å²) in [6, 6.07) is 12.0. The van der Waals surface area contributed by atoms with Gasteiger partial charge in [0.25, 0.3) is 0 Å². The van der Waals surface area contributed by atoms with Gasteiger partial charge >= 0.3 is 0 Å². The molecule has 0 aliphatic carbocycles. The predicted octanol–water partition coefficient (Wildman–Crippen LogP) is 2.68. The maximum absolute atomic E-state index is 9.81. The fraction of sp³-hybridized carbons (Fsp3) is 0.294. The van der Waals surface area contributed by atoms with Crippen LogP contribution in [0, 0.1) is 11.3 Å². The van der Waals surface area contributed by atoms with Crippen molar-refractivity contribution in [3.8, 4) is 6.07 Å². The Balaban J connectivity index is 2.08. The number of para-hydroxylation sites is 2. The van der Waals surface area contributed by atoms with Crippen LogP contribution in [0.2, 0.25) is 0 Å². The van der Waals surface area contributed by atoms with Crippen LogP contribution in [-0.4, -0.2) is 32.3 Å². The van der Waals surface area contributed by atoms with Crippen molar-refractivity contribution >= 4 is 28.6 Å². The monoisotopic (exact) mass is 353 g/mol. The van der Waals surface area contributed by atoms with Gasteiger partial charge in [-0.25, -0.2) is 20.4 Å². The van der Waals surface area contributed by atoms with Crippen LogP contribution in [0.1, 0.15) is 24.4 Å². The number of hydrogen-bond acceptors (Lipinski definition) is 7. The summed E-state index contributed by atoms with van der Waals surface area (Å²) in [4.78, 5) is 13.6. The summed E-state index contributed by atoms with van der Waals surface area (Å²) in [5, 5.41) is 10.4. The van der Waals surface area contributed by atoms with Crippen LogP contribution in [0.25, 0.3) is 11.0 Å². The minimum atomic E-state index is -0.575. The first kappa shape index (κ1) is 17.2. The molecule has 128 valence electrons. The second-order valence-electron chi connectivity index (χ2n) is 5.40. The number of nitrogens with one attached hydrogen (secondary N) is 2. The maximum atomic E-state index is 9.81. The molecule has 0 fully saturated rings. The minimum absolute atomic E-state index is 0.575. The molecule has 7 nitrogen and oxygen atoms in total. The van der Waals surface area contributed by atoms with Crippen LogP contribution in [-0.2, 0) is 7.05 Å². The third-order valence-electron chi connectivity index (χ3n) is 3.81. The van der Waals surface area contributed by atoms with Crippen molar-refractivity contribution in [3.05, 3.63) is 41.9 Å². The third kappa shape index (κ3) is 3.43. The van der Waals surface area contributed by atoms with E-state index in [0.29, 0.717) is 22.5 Å². The van der Waals surface area contributed by atoms with Gasteiger partial charge in [0.1, 0.15) is 17.6 Å². The number of nitriles is 1. The smallest absolute Gasteiger partial charge is 0.189 e. The summed E-state index contributed by atoms with van der Waals surface area (Å²) < 4.78 is 1.95. The fourth-order valence-corrected chi connectivity index (χ4v) is 2.99. The summed E-state index contributed by atoms with van der Waals surface area (Å²) in [5.41, 5.74) is 8.53. The molecular formula is C17H19N7S. The molecule has 8 heteroatoms. The van der Waals surface area contributed by atoms with Crippen LogP contribution in [0.15, 0.2) is 35.5 Å². The number of anilines is 1. The molecule has 3 aromatic rings. The molecule has 2 heterocycles. The van der Waals surface area contributed by atoms with Gasteiger partial charge in [0.2, 0.25) is 0 Å². The summed E-state index contributed by atoms with van der Waals surface area (Å²) in [6.07, 6.45) is 1.91. The van der Waals surface area contributed by atoms with Crippen molar-refractivity contribution in [3.63, 3.8) is 0 Å². The molecule has 2 N–H and O–H groups in total. The van der Waals surface area contributed by atoms with E-state index < -0.39 is 5.92 Å². The average molecular weight is 353 g/mol. The fourth-order valence-electron chi connectivity index (χ4n) is 2.60. The molecule has 1 aromatic carbocycles. The summed E-state index contributed by atoms with van der Waals surface area (Å²) in [6.45, 7) is 2.74. The summed E-state index contributed by atoms with van der Waals surface area (Å²) in [7, 11) is 1.92. The van der Waals surface area contributed by atoms with Gasteiger partial charge in [0.05, 0.1) is 22.8 Å². The first-order chi connectivity index (χ1) is 12.2. The van der Waals surface area contributed by atoms with Crippen molar-refractivity contribution in [2.45, 2.75) is 18.0 Å². The standard InChI is InChI=1S/C17H19N7S/c1-4-19-23-15-9-13(21-17(22-15)25-3)11(10-18)16-20-12-7-5-6-8-14(12)24(16)2/h5-9,11,19H,4H2,1-3H3,(H,21,22,23)/t11-/m0/s1. The highest BCUT2D eigenvalue weighted by atomic mass is 32.2. The molecule has 0 amide bonds. The molecule has 25 heavy (non-hydrogen) atoms. The zero-order valence-electron chi connectivity index (χ0n) is 14.3. The largest absolute Gasteiger partial charge is 0.330 e. The Morgan fingerprint density at radius 3 is 2.76 bits per heavy atom. The Bertz CT molecular complexity index is 928. The molecule has 0 unspecified atom stereocenters. The lowest BCUT2D eigenvalue weighted by atomic mass is 10.1. The van der Waals surface area contributed by atoms with Crippen LogP contribution in [0.3, 0.4) is 0 Å². The van der Waals surface area contributed by atoms with Crippen molar-refractivity contribution < 1.29 is 0 Å². The SMILES string of the molecule is CCNNc1cc([C@H](C#N)c2nc3ccccc3n2C)nc(SC)n1. The van der Waals surface area contributed by atoms with E-state index in [9.17, 15) is 5.26 Å².